The summed E-state index contributed by atoms with van der Waals surface area (Å²) in [5.41, 5.74) is 2.26. The molecular formula is C29H27FN4O5. The van der Waals surface area contributed by atoms with Gasteiger partial charge in [-0.05, 0) is 42.8 Å². The SMILES string of the molecule is C=CCOC(=O)C1(C)COC(c2nc(-c3ccc(F)cc3)c(-c3ccnc(OCc4ccccc4)n3)[nH]2)OC1. The summed E-state index contributed by atoms with van der Waals surface area (Å²) in [4.78, 5) is 29.2. The molecule has 1 fully saturated rings. The first kappa shape index (κ1) is 26.2. The molecule has 0 spiro atoms. The van der Waals surface area contributed by atoms with E-state index >= 15 is 0 Å². The number of rotatable bonds is 9. The average Bonchev–Trinajstić information content (AvgIpc) is 3.42. The third kappa shape index (κ3) is 6.02. The van der Waals surface area contributed by atoms with Gasteiger partial charge in [0.1, 0.15) is 24.4 Å². The second-order valence-electron chi connectivity index (χ2n) is 9.25. The maximum Gasteiger partial charge on any atom is 0.317 e. The van der Waals surface area contributed by atoms with Crippen molar-refractivity contribution in [2.75, 3.05) is 19.8 Å². The number of nitrogens with one attached hydrogen (secondary N) is 1. The van der Waals surface area contributed by atoms with Crippen molar-refractivity contribution in [2.45, 2.75) is 19.8 Å². The fourth-order valence-corrected chi connectivity index (χ4v) is 3.97. The van der Waals surface area contributed by atoms with E-state index in [1.54, 1.807) is 31.3 Å². The van der Waals surface area contributed by atoms with Crippen molar-refractivity contribution in [3.05, 3.63) is 96.7 Å². The van der Waals surface area contributed by atoms with Crippen molar-refractivity contribution in [1.29, 1.82) is 0 Å². The van der Waals surface area contributed by atoms with Crippen LogP contribution in [0, 0.1) is 11.2 Å². The van der Waals surface area contributed by atoms with Crippen LogP contribution in [-0.2, 0) is 25.6 Å². The predicted octanol–water partition coefficient (Wildman–Crippen LogP) is 5.03. The fraction of sp³-hybridized carbons (Fsp3) is 0.241. The number of benzene rings is 2. The van der Waals surface area contributed by atoms with Crippen LogP contribution >= 0.6 is 0 Å². The molecule has 5 rings (SSSR count). The van der Waals surface area contributed by atoms with E-state index in [-0.39, 0.29) is 31.6 Å². The van der Waals surface area contributed by atoms with E-state index in [1.165, 1.54) is 18.2 Å². The van der Waals surface area contributed by atoms with E-state index in [9.17, 15) is 9.18 Å². The number of hydrogen-bond acceptors (Lipinski definition) is 8. The highest BCUT2D eigenvalue weighted by molar-refractivity contribution is 5.77. The molecule has 0 saturated carbocycles. The van der Waals surface area contributed by atoms with Gasteiger partial charge in [0, 0.05) is 11.8 Å². The first-order valence-electron chi connectivity index (χ1n) is 12.3. The van der Waals surface area contributed by atoms with Gasteiger partial charge < -0.3 is 23.9 Å². The monoisotopic (exact) mass is 530 g/mol. The molecule has 0 bridgehead atoms. The number of esters is 1. The number of halogens is 1. The van der Waals surface area contributed by atoms with Crippen LogP contribution in [0.4, 0.5) is 4.39 Å². The molecule has 4 aromatic rings. The zero-order chi connectivity index (χ0) is 27.2. The van der Waals surface area contributed by atoms with Gasteiger partial charge in [0.25, 0.3) is 0 Å². The standard InChI is InChI=1S/C29H27FN4O5/c1-3-15-36-27(35)29(2)17-38-26(39-18-29)25-33-23(20-9-11-21(30)12-10-20)24(34-25)22-13-14-31-28(32-22)37-16-19-7-5-4-6-8-19/h3-14,26H,1,15-18H2,2H3,(H,33,34). The smallest absolute Gasteiger partial charge is 0.317 e. The van der Waals surface area contributed by atoms with Gasteiger partial charge in [-0.3, -0.25) is 4.79 Å². The van der Waals surface area contributed by atoms with Crippen molar-refractivity contribution in [3.63, 3.8) is 0 Å². The van der Waals surface area contributed by atoms with Gasteiger partial charge in [-0.25, -0.2) is 14.4 Å². The number of H-pyrrole nitrogens is 1. The number of imidazole rings is 1. The van der Waals surface area contributed by atoms with E-state index in [2.05, 4.69) is 21.5 Å². The number of ether oxygens (including phenoxy) is 4. The van der Waals surface area contributed by atoms with Crippen molar-refractivity contribution in [3.8, 4) is 28.7 Å². The lowest BCUT2D eigenvalue weighted by molar-refractivity contribution is -0.238. The molecule has 0 atom stereocenters. The van der Waals surface area contributed by atoms with E-state index in [4.69, 9.17) is 23.9 Å². The molecule has 3 heterocycles. The van der Waals surface area contributed by atoms with Crippen molar-refractivity contribution >= 4 is 5.97 Å². The maximum absolute atomic E-state index is 13.7. The molecule has 2 aromatic carbocycles. The molecule has 0 amide bonds. The zero-order valence-corrected chi connectivity index (χ0v) is 21.3. The van der Waals surface area contributed by atoms with E-state index < -0.39 is 17.7 Å². The molecule has 1 aliphatic heterocycles. The fourth-order valence-electron chi connectivity index (χ4n) is 3.97. The Balaban J connectivity index is 1.41. The molecule has 39 heavy (non-hydrogen) atoms. The summed E-state index contributed by atoms with van der Waals surface area (Å²) in [6, 6.07) is 17.6. The largest absolute Gasteiger partial charge is 0.461 e. The molecular weight excluding hydrogens is 503 g/mol. The highest BCUT2D eigenvalue weighted by Crippen LogP contribution is 2.36. The van der Waals surface area contributed by atoms with E-state index in [0.717, 1.165) is 5.56 Å². The molecule has 0 radical (unpaired) electrons. The number of aromatic nitrogens is 4. The third-order valence-corrected chi connectivity index (χ3v) is 6.10. The van der Waals surface area contributed by atoms with Gasteiger partial charge >= 0.3 is 12.0 Å². The Morgan fingerprint density at radius 2 is 1.87 bits per heavy atom. The van der Waals surface area contributed by atoms with Crippen LogP contribution < -0.4 is 4.74 Å². The van der Waals surface area contributed by atoms with Gasteiger partial charge in [-0.15, -0.1) is 0 Å². The Bertz CT molecular complexity index is 1430. The second kappa shape index (κ2) is 11.5. The van der Waals surface area contributed by atoms with Crippen molar-refractivity contribution in [1.82, 2.24) is 19.9 Å². The van der Waals surface area contributed by atoms with Gasteiger partial charge in [0.2, 0.25) is 6.29 Å². The summed E-state index contributed by atoms with van der Waals surface area (Å²) >= 11 is 0. The van der Waals surface area contributed by atoms with Crippen LogP contribution in [-0.4, -0.2) is 45.7 Å². The first-order chi connectivity index (χ1) is 18.9. The van der Waals surface area contributed by atoms with Gasteiger partial charge in [-0.1, -0.05) is 43.0 Å². The van der Waals surface area contributed by atoms with Crippen LogP contribution in [0.3, 0.4) is 0 Å². The Kier molecular flexibility index (Phi) is 7.76. The summed E-state index contributed by atoms with van der Waals surface area (Å²) in [6.07, 6.45) is 2.22. The average molecular weight is 531 g/mol. The third-order valence-electron chi connectivity index (χ3n) is 6.10. The summed E-state index contributed by atoms with van der Waals surface area (Å²) in [7, 11) is 0. The summed E-state index contributed by atoms with van der Waals surface area (Å²) in [5.74, 6) is -0.426. The minimum atomic E-state index is -0.966. The lowest BCUT2D eigenvalue weighted by Gasteiger charge is -2.34. The van der Waals surface area contributed by atoms with Gasteiger partial charge in [-0.2, -0.15) is 4.98 Å². The Hall–Kier alpha value is -4.41. The minimum Gasteiger partial charge on any atom is -0.461 e. The lowest BCUT2D eigenvalue weighted by Crippen LogP contribution is -2.43. The zero-order valence-electron chi connectivity index (χ0n) is 21.3. The van der Waals surface area contributed by atoms with Crippen LogP contribution in [0.2, 0.25) is 0 Å². The van der Waals surface area contributed by atoms with Gasteiger partial charge in [0.15, 0.2) is 5.82 Å². The normalized spacial score (nSPS) is 18.9. The topological polar surface area (TPSA) is 108 Å². The number of carbonyl (C=O) groups is 1. The number of aromatic amines is 1. The molecule has 9 nitrogen and oxygen atoms in total. The number of hydrogen-bond donors (Lipinski definition) is 1. The van der Waals surface area contributed by atoms with Crippen LogP contribution in [0.1, 0.15) is 24.6 Å². The minimum absolute atomic E-state index is 0.0700. The Morgan fingerprint density at radius 3 is 2.59 bits per heavy atom. The van der Waals surface area contributed by atoms with Crippen LogP contribution in [0.5, 0.6) is 6.01 Å². The lowest BCUT2D eigenvalue weighted by atomic mass is 9.92. The van der Waals surface area contributed by atoms with Crippen molar-refractivity contribution in [2.24, 2.45) is 5.41 Å². The van der Waals surface area contributed by atoms with Crippen molar-refractivity contribution < 1.29 is 28.1 Å². The molecule has 10 heteroatoms. The van der Waals surface area contributed by atoms with Crippen LogP contribution in [0.15, 0.2) is 79.5 Å². The molecule has 0 aliphatic carbocycles. The Morgan fingerprint density at radius 1 is 1.13 bits per heavy atom. The maximum atomic E-state index is 13.7. The molecule has 200 valence electrons. The quantitative estimate of drug-likeness (QED) is 0.237. The van der Waals surface area contributed by atoms with Gasteiger partial charge in [0.05, 0.1) is 30.3 Å². The molecule has 1 aliphatic rings. The number of carbonyl (C=O) groups excluding carboxylic acids is 1. The van der Waals surface area contributed by atoms with E-state index in [1.807, 2.05) is 30.3 Å². The second-order valence-corrected chi connectivity index (χ2v) is 9.25. The Labute approximate surface area is 224 Å². The van der Waals surface area contributed by atoms with E-state index in [0.29, 0.717) is 35.1 Å². The molecule has 2 aromatic heterocycles. The predicted molar refractivity (Wildman–Crippen MR) is 140 cm³/mol. The highest BCUT2D eigenvalue weighted by atomic mass is 19.1. The summed E-state index contributed by atoms with van der Waals surface area (Å²) < 4.78 is 36.4. The summed E-state index contributed by atoms with van der Waals surface area (Å²) in [5, 5.41) is 0. The summed E-state index contributed by atoms with van der Waals surface area (Å²) in [6.45, 7) is 5.82. The first-order valence-corrected chi connectivity index (χ1v) is 12.3. The molecule has 1 saturated heterocycles. The highest BCUT2D eigenvalue weighted by Gasteiger charge is 2.42. The van der Waals surface area contributed by atoms with Crippen LogP contribution in [0.25, 0.3) is 22.6 Å². The number of nitrogens with zero attached hydrogens (tertiary/aromatic N) is 3. The molecule has 1 N–H and O–H groups in total. The molecule has 0 unspecified atom stereocenters.